The fourth-order valence-corrected chi connectivity index (χ4v) is 3.93. The standard InChI is InChI=1S/C20H25NO3/c1-20(2)15-10-17(11-16(20)13-21-18(22)12-15)24-19(23)9-8-14-6-4-3-5-7-14/h3-9,15-17H,10-13H2,1-2H3,(H,21,22)/b9-8+/t15?,16?,17-/m0/s1. The molecule has 1 N–H and O–H groups in total. The van der Waals surface area contributed by atoms with Crippen LogP contribution in [-0.2, 0) is 14.3 Å². The number of carbonyl (C=O) groups excluding carboxylic acids is 2. The Bertz CT molecular complexity index is 636. The van der Waals surface area contributed by atoms with Crippen molar-refractivity contribution in [3.8, 4) is 0 Å². The summed E-state index contributed by atoms with van der Waals surface area (Å²) in [5, 5.41) is 3.00. The lowest BCUT2D eigenvalue weighted by Crippen LogP contribution is -2.44. The second-order valence-corrected chi connectivity index (χ2v) is 7.50. The molecule has 0 aromatic heterocycles. The van der Waals surface area contributed by atoms with Gasteiger partial charge in [0.25, 0.3) is 0 Å². The largest absolute Gasteiger partial charge is 0.459 e. The van der Waals surface area contributed by atoms with E-state index in [4.69, 9.17) is 4.74 Å². The zero-order valence-corrected chi connectivity index (χ0v) is 14.3. The van der Waals surface area contributed by atoms with Gasteiger partial charge in [-0.2, -0.15) is 0 Å². The highest BCUT2D eigenvalue weighted by Gasteiger charge is 2.47. The Morgan fingerprint density at radius 2 is 1.92 bits per heavy atom. The maximum absolute atomic E-state index is 12.1. The molecule has 128 valence electrons. The highest BCUT2D eigenvalue weighted by molar-refractivity contribution is 5.87. The van der Waals surface area contributed by atoms with Crippen molar-refractivity contribution in [3.05, 3.63) is 42.0 Å². The minimum Gasteiger partial charge on any atom is -0.459 e. The molecule has 4 nitrogen and oxygen atoms in total. The predicted octanol–water partition coefficient (Wildman–Crippen LogP) is 3.18. The van der Waals surface area contributed by atoms with Crippen LogP contribution in [0.25, 0.3) is 6.08 Å². The predicted molar refractivity (Wildman–Crippen MR) is 93.0 cm³/mol. The first-order chi connectivity index (χ1) is 11.4. The number of fused-ring (bicyclic) bond motifs is 2. The Hall–Kier alpha value is -2.10. The summed E-state index contributed by atoms with van der Waals surface area (Å²) >= 11 is 0. The van der Waals surface area contributed by atoms with Crippen molar-refractivity contribution in [1.29, 1.82) is 0 Å². The number of ether oxygens (including phenoxy) is 1. The SMILES string of the molecule is CC1(C)C2CNC(=O)CC1C[C@H](OC(=O)/C=C/c1ccccc1)C2. The Balaban J connectivity index is 1.63. The molecule has 1 aliphatic carbocycles. The molecule has 1 aromatic rings. The molecule has 3 atom stereocenters. The number of rotatable bonds is 3. The maximum atomic E-state index is 12.1. The number of benzene rings is 1. The number of amides is 1. The van der Waals surface area contributed by atoms with Crippen LogP contribution in [0, 0.1) is 17.3 Å². The lowest BCUT2D eigenvalue weighted by atomic mass is 9.61. The highest BCUT2D eigenvalue weighted by Crippen LogP contribution is 2.48. The van der Waals surface area contributed by atoms with Crippen LogP contribution in [0.3, 0.4) is 0 Å². The maximum Gasteiger partial charge on any atom is 0.331 e. The topological polar surface area (TPSA) is 55.4 Å². The van der Waals surface area contributed by atoms with Crippen LogP contribution in [0.15, 0.2) is 36.4 Å². The van der Waals surface area contributed by atoms with Crippen LogP contribution in [0.2, 0.25) is 0 Å². The van der Waals surface area contributed by atoms with Crippen LogP contribution in [-0.4, -0.2) is 24.5 Å². The fraction of sp³-hybridized carbons (Fsp3) is 0.500. The van der Waals surface area contributed by atoms with Crippen molar-refractivity contribution in [3.63, 3.8) is 0 Å². The van der Waals surface area contributed by atoms with E-state index in [0.717, 1.165) is 18.4 Å². The van der Waals surface area contributed by atoms with Gasteiger partial charge in [-0.3, -0.25) is 4.79 Å². The van der Waals surface area contributed by atoms with E-state index >= 15 is 0 Å². The Kier molecular flexibility index (Phi) is 4.74. The Morgan fingerprint density at radius 3 is 2.67 bits per heavy atom. The van der Waals surface area contributed by atoms with Gasteiger partial charge in [-0.1, -0.05) is 44.2 Å². The molecular formula is C20H25NO3. The molecule has 1 heterocycles. The van der Waals surface area contributed by atoms with E-state index in [1.165, 1.54) is 6.08 Å². The second kappa shape index (κ2) is 6.80. The molecule has 1 aliphatic heterocycles. The molecule has 1 saturated carbocycles. The van der Waals surface area contributed by atoms with Crippen molar-refractivity contribution in [2.45, 2.75) is 39.2 Å². The van der Waals surface area contributed by atoms with Gasteiger partial charge in [0.2, 0.25) is 5.91 Å². The van der Waals surface area contributed by atoms with Crippen molar-refractivity contribution in [1.82, 2.24) is 5.32 Å². The zero-order chi connectivity index (χ0) is 17.2. The second-order valence-electron chi connectivity index (χ2n) is 7.50. The van der Waals surface area contributed by atoms with E-state index in [1.54, 1.807) is 6.08 Å². The fourth-order valence-electron chi connectivity index (χ4n) is 3.93. The van der Waals surface area contributed by atoms with Crippen molar-refractivity contribution in [2.24, 2.45) is 17.3 Å². The first kappa shape index (κ1) is 16.7. The summed E-state index contributed by atoms with van der Waals surface area (Å²) in [7, 11) is 0. The van der Waals surface area contributed by atoms with Crippen LogP contribution in [0.1, 0.15) is 38.7 Å². The molecule has 2 bridgehead atoms. The zero-order valence-electron chi connectivity index (χ0n) is 14.3. The molecular weight excluding hydrogens is 302 g/mol. The first-order valence-corrected chi connectivity index (χ1v) is 8.65. The first-order valence-electron chi connectivity index (χ1n) is 8.65. The van der Waals surface area contributed by atoms with Gasteiger partial charge >= 0.3 is 5.97 Å². The van der Waals surface area contributed by atoms with Gasteiger partial charge in [0, 0.05) is 19.0 Å². The van der Waals surface area contributed by atoms with Gasteiger partial charge in [0.1, 0.15) is 6.10 Å². The Labute approximate surface area is 143 Å². The van der Waals surface area contributed by atoms with Gasteiger partial charge in [0.15, 0.2) is 0 Å². The number of esters is 1. The van der Waals surface area contributed by atoms with E-state index < -0.39 is 0 Å². The molecule has 0 radical (unpaired) electrons. The van der Waals surface area contributed by atoms with Gasteiger partial charge in [-0.25, -0.2) is 4.79 Å². The summed E-state index contributed by atoms with van der Waals surface area (Å²) in [6, 6.07) is 9.69. The van der Waals surface area contributed by atoms with E-state index in [9.17, 15) is 9.59 Å². The summed E-state index contributed by atoms with van der Waals surface area (Å²) < 4.78 is 5.67. The van der Waals surface area contributed by atoms with Crippen LogP contribution in [0.5, 0.6) is 0 Å². The molecule has 1 amide bonds. The molecule has 4 heteroatoms. The molecule has 24 heavy (non-hydrogen) atoms. The molecule has 3 rings (SSSR count). The minimum atomic E-state index is -0.306. The van der Waals surface area contributed by atoms with Gasteiger partial charge in [0.05, 0.1) is 0 Å². The average Bonchev–Trinajstić information content (AvgIpc) is 2.62. The summed E-state index contributed by atoms with van der Waals surface area (Å²) in [4.78, 5) is 24.0. The highest BCUT2D eigenvalue weighted by atomic mass is 16.5. The summed E-state index contributed by atoms with van der Waals surface area (Å²) in [5.74, 6) is 0.416. The van der Waals surface area contributed by atoms with Crippen LogP contribution in [0.4, 0.5) is 0 Å². The monoisotopic (exact) mass is 327 g/mol. The minimum absolute atomic E-state index is 0.0992. The van der Waals surface area contributed by atoms with Gasteiger partial charge in [-0.05, 0) is 41.7 Å². The number of hydrogen-bond acceptors (Lipinski definition) is 3. The van der Waals surface area contributed by atoms with Crippen molar-refractivity contribution < 1.29 is 14.3 Å². The smallest absolute Gasteiger partial charge is 0.331 e. The number of hydrogen-bond donors (Lipinski definition) is 1. The Morgan fingerprint density at radius 1 is 1.21 bits per heavy atom. The molecule has 0 spiro atoms. The van der Waals surface area contributed by atoms with E-state index in [-0.39, 0.29) is 29.3 Å². The normalized spacial score (nSPS) is 28.9. The molecule has 1 saturated heterocycles. The summed E-state index contributed by atoms with van der Waals surface area (Å²) in [5.41, 5.74) is 1.07. The summed E-state index contributed by atoms with van der Waals surface area (Å²) in [6.45, 7) is 5.14. The molecule has 1 aromatic carbocycles. The van der Waals surface area contributed by atoms with Crippen LogP contribution < -0.4 is 5.32 Å². The van der Waals surface area contributed by atoms with E-state index in [2.05, 4.69) is 19.2 Å². The van der Waals surface area contributed by atoms with E-state index in [1.807, 2.05) is 30.3 Å². The molecule has 2 aliphatic rings. The third-order valence-electron chi connectivity index (χ3n) is 5.67. The third-order valence-corrected chi connectivity index (χ3v) is 5.67. The average molecular weight is 327 g/mol. The quantitative estimate of drug-likeness (QED) is 0.685. The van der Waals surface area contributed by atoms with E-state index in [0.29, 0.717) is 18.9 Å². The number of carbonyl (C=O) groups is 2. The van der Waals surface area contributed by atoms with Gasteiger partial charge < -0.3 is 10.1 Å². The lowest BCUT2D eigenvalue weighted by Gasteiger charge is -2.45. The molecule has 2 unspecified atom stereocenters. The van der Waals surface area contributed by atoms with Crippen molar-refractivity contribution in [2.75, 3.05) is 6.54 Å². The molecule has 2 fully saturated rings. The van der Waals surface area contributed by atoms with Crippen molar-refractivity contribution >= 4 is 18.0 Å². The van der Waals surface area contributed by atoms with Gasteiger partial charge in [-0.15, -0.1) is 0 Å². The third kappa shape index (κ3) is 3.69. The van der Waals surface area contributed by atoms with Crippen LogP contribution >= 0.6 is 0 Å². The lowest BCUT2D eigenvalue weighted by molar-refractivity contribution is -0.149. The number of nitrogens with one attached hydrogen (secondary N) is 1. The summed E-state index contributed by atoms with van der Waals surface area (Å²) in [6.07, 6.45) is 5.26.